The fourth-order valence-corrected chi connectivity index (χ4v) is 3.62. The van der Waals surface area contributed by atoms with Crippen LogP contribution in [0.15, 0.2) is 47.6 Å². The number of nitrogens with zero attached hydrogens (tertiary/aromatic N) is 3. The molecule has 3 aromatic rings. The highest BCUT2D eigenvalue weighted by Gasteiger charge is 2.19. The number of hydrogen-bond acceptors (Lipinski definition) is 5. The third-order valence-electron chi connectivity index (χ3n) is 4.15. The number of rotatable bonds is 7. The molecule has 1 atom stereocenters. The fourth-order valence-electron chi connectivity index (χ4n) is 2.67. The van der Waals surface area contributed by atoms with Crippen LogP contribution in [0.5, 0.6) is 5.75 Å². The summed E-state index contributed by atoms with van der Waals surface area (Å²) in [6.45, 7) is 3.79. The van der Waals surface area contributed by atoms with E-state index in [0.29, 0.717) is 21.8 Å². The predicted molar refractivity (Wildman–Crippen MR) is 112 cm³/mol. The summed E-state index contributed by atoms with van der Waals surface area (Å²) >= 11 is 7.19. The van der Waals surface area contributed by atoms with Gasteiger partial charge in [0.25, 0.3) is 0 Å². The number of amides is 1. The fraction of sp³-hybridized carbons (Fsp3) is 0.250. The van der Waals surface area contributed by atoms with E-state index in [-0.39, 0.29) is 23.5 Å². The molecule has 0 aliphatic heterocycles. The summed E-state index contributed by atoms with van der Waals surface area (Å²) in [5.74, 6) is 0.604. The van der Waals surface area contributed by atoms with E-state index >= 15 is 0 Å². The van der Waals surface area contributed by atoms with E-state index in [1.54, 1.807) is 29.8 Å². The van der Waals surface area contributed by atoms with Crippen LogP contribution in [0.3, 0.4) is 0 Å². The van der Waals surface area contributed by atoms with Gasteiger partial charge in [0, 0.05) is 12.1 Å². The Hall–Kier alpha value is -2.58. The molecule has 6 nitrogen and oxygen atoms in total. The Morgan fingerprint density at radius 2 is 2.07 bits per heavy atom. The van der Waals surface area contributed by atoms with Crippen molar-refractivity contribution in [1.82, 2.24) is 14.8 Å². The minimum atomic E-state index is -0.477. The zero-order valence-electron chi connectivity index (χ0n) is 16.1. The van der Waals surface area contributed by atoms with Gasteiger partial charge in [-0.2, -0.15) is 0 Å². The lowest BCUT2D eigenvalue weighted by Crippen LogP contribution is -2.15. The van der Waals surface area contributed by atoms with Crippen molar-refractivity contribution in [1.29, 1.82) is 0 Å². The second kappa shape index (κ2) is 9.28. The van der Waals surface area contributed by atoms with Crippen molar-refractivity contribution >= 4 is 35.0 Å². The average Bonchev–Trinajstić information content (AvgIpc) is 3.05. The van der Waals surface area contributed by atoms with E-state index in [9.17, 15) is 9.18 Å². The summed E-state index contributed by atoms with van der Waals surface area (Å²) in [6, 6.07) is 11.4. The molecule has 0 saturated carbocycles. The van der Waals surface area contributed by atoms with Crippen LogP contribution in [0, 0.1) is 12.7 Å². The van der Waals surface area contributed by atoms with Gasteiger partial charge >= 0.3 is 0 Å². The topological polar surface area (TPSA) is 69.0 Å². The van der Waals surface area contributed by atoms with E-state index in [0.717, 1.165) is 5.56 Å². The highest BCUT2D eigenvalue weighted by molar-refractivity contribution is 7.99. The van der Waals surface area contributed by atoms with Gasteiger partial charge in [-0.1, -0.05) is 35.5 Å². The number of para-hydroxylation sites is 1. The summed E-state index contributed by atoms with van der Waals surface area (Å²) in [5.41, 5.74) is 1.07. The molecule has 29 heavy (non-hydrogen) atoms. The molecular formula is C20H20ClFN4O2S. The Morgan fingerprint density at radius 1 is 1.31 bits per heavy atom. The molecule has 0 saturated heterocycles. The van der Waals surface area contributed by atoms with Crippen LogP contribution in [0.4, 0.5) is 10.1 Å². The van der Waals surface area contributed by atoms with Crippen molar-refractivity contribution in [2.24, 2.45) is 7.05 Å². The first-order valence-electron chi connectivity index (χ1n) is 8.84. The van der Waals surface area contributed by atoms with Gasteiger partial charge in [0.05, 0.1) is 11.4 Å². The number of aryl methyl sites for hydroxylation is 1. The van der Waals surface area contributed by atoms with Gasteiger partial charge in [0.1, 0.15) is 11.6 Å². The predicted octanol–water partition coefficient (Wildman–Crippen LogP) is 4.79. The van der Waals surface area contributed by atoms with E-state index in [1.807, 2.05) is 26.0 Å². The van der Waals surface area contributed by atoms with Gasteiger partial charge in [-0.15, -0.1) is 10.2 Å². The number of carbonyl (C=O) groups is 1. The van der Waals surface area contributed by atoms with Crippen molar-refractivity contribution in [3.05, 3.63) is 64.7 Å². The third-order valence-corrected chi connectivity index (χ3v) is 5.41. The molecule has 2 aromatic carbocycles. The van der Waals surface area contributed by atoms with Crippen molar-refractivity contribution in [2.75, 3.05) is 11.1 Å². The number of aromatic nitrogens is 3. The van der Waals surface area contributed by atoms with E-state index in [2.05, 4.69) is 15.5 Å². The quantitative estimate of drug-likeness (QED) is 0.541. The highest BCUT2D eigenvalue weighted by atomic mass is 35.5. The molecule has 0 aliphatic rings. The van der Waals surface area contributed by atoms with Crippen LogP contribution in [-0.4, -0.2) is 26.4 Å². The summed E-state index contributed by atoms with van der Waals surface area (Å²) in [4.78, 5) is 12.1. The molecule has 0 fully saturated rings. The molecule has 3 rings (SSSR count). The molecule has 0 aliphatic carbocycles. The molecule has 152 valence electrons. The van der Waals surface area contributed by atoms with Gasteiger partial charge < -0.3 is 14.6 Å². The van der Waals surface area contributed by atoms with Crippen molar-refractivity contribution in [3.63, 3.8) is 0 Å². The largest absolute Gasteiger partial charge is 0.482 e. The maximum atomic E-state index is 13.6. The van der Waals surface area contributed by atoms with Crippen LogP contribution < -0.4 is 10.1 Å². The summed E-state index contributed by atoms with van der Waals surface area (Å²) in [7, 11) is 1.81. The van der Waals surface area contributed by atoms with Crippen molar-refractivity contribution in [2.45, 2.75) is 25.1 Å². The van der Waals surface area contributed by atoms with Gasteiger partial charge in [0.2, 0.25) is 5.91 Å². The number of ether oxygens (including phenoxy) is 1. The molecule has 1 unspecified atom stereocenters. The molecule has 1 N–H and O–H groups in total. The van der Waals surface area contributed by atoms with Crippen LogP contribution in [0.1, 0.15) is 24.4 Å². The molecular weight excluding hydrogens is 415 g/mol. The lowest BCUT2D eigenvalue weighted by molar-refractivity contribution is -0.113. The summed E-state index contributed by atoms with van der Waals surface area (Å²) in [6.07, 6.45) is -0.353. The average molecular weight is 435 g/mol. The maximum absolute atomic E-state index is 13.6. The Balaban J connectivity index is 1.61. The number of hydrogen-bond donors (Lipinski definition) is 1. The minimum Gasteiger partial charge on any atom is -0.482 e. The Bertz CT molecular complexity index is 1030. The van der Waals surface area contributed by atoms with Crippen LogP contribution in [0.25, 0.3) is 0 Å². The monoisotopic (exact) mass is 434 g/mol. The molecule has 9 heteroatoms. The smallest absolute Gasteiger partial charge is 0.234 e. The maximum Gasteiger partial charge on any atom is 0.234 e. The lowest BCUT2D eigenvalue weighted by Gasteiger charge is -2.16. The third kappa shape index (κ3) is 5.27. The molecule has 1 amide bonds. The first kappa shape index (κ1) is 21.1. The second-order valence-electron chi connectivity index (χ2n) is 6.39. The molecule has 0 radical (unpaired) electrons. The summed E-state index contributed by atoms with van der Waals surface area (Å²) in [5, 5.41) is 12.1. The first-order valence-corrected chi connectivity index (χ1v) is 10.2. The van der Waals surface area contributed by atoms with E-state index in [1.165, 1.54) is 23.9 Å². The highest BCUT2D eigenvalue weighted by Crippen LogP contribution is 2.27. The van der Waals surface area contributed by atoms with Gasteiger partial charge in [-0.3, -0.25) is 4.79 Å². The molecule has 0 spiro atoms. The molecule has 1 aromatic heterocycles. The minimum absolute atomic E-state index is 0.0752. The number of benzene rings is 2. The number of thioether (sulfide) groups is 1. The normalized spacial score (nSPS) is 11.9. The van der Waals surface area contributed by atoms with E-state index < -0.39 is 5.82 Å². The van der Waals surface area contributed by atoms with Crippen LogP contribution in [-0.2, 0) is 11.8 Å². The van der Waals surface area contributed by atoms with Crippen molar-refractivity contribution < 1.29 is 13.9 Å². The zero-order valence-corrected chi connectivity index (χ0v) is 17.7. The number of nitrogens with one attached hydrogen (secondary N) is 1. The number of carbonyl (C=O) groups excluding carboxylic acids is 1. The summed E-state index contributed by atoms with van der Waals surface area (Å²) < 4.78 is 21.4. The van der Waals surface area contributed by atoms with Gasteiger partial charge in [-0.05, 0) is 49.7 Å². The standard InChI is InChI=1S/C20H20ClFN4O2S/c1-12-10-14(21)8-9-17(12)28-13(2)19-24-25-20(26(19)3)29-11-18(27)23-16-7-5-4-6-15(16)22/h4-10,13H,11H2,1-3H3,(H,23,27). The Labute approximate surface area is 177 Å². The van der Waals surface area contributed by atoms with Gasteiger partial charge in [0.15, 0.2) is 17.1 Å². The molecule has 1 heterocycles. The second-order valence-corrected chi connectivity index (χ2v) is 7.77. The van der Waals surface area contributed by atoms with Gasteiger partial charge in [-0.25, -0.2) is 4.39 Å². The zero-order chi connectivity index (χ0) is 21.0. The SMILES string of the molecule is Cc1cc(Cl)ccc1OC(C)c1nnc(SCC(=O)Nc2ccccc2F)n1C. The van der Waals surface area contributed by atoms with Crippen LogP contribution in [0.2, 0.25) is 5.02 Å². The van der Waals surface area contributed by atoms with Crippen molar-refractivity contribution in [3.8, 4) is 5.75 Å². The Morgan fingerprint density at radius 3 is 2.79 bits per heavy atom. The number of halogens is 2. The van der Waals surface area contributed by atoms with Crippen LogP contribution >= 0.6 is 23.4 Å². The van der Waals surface area contributed by atoms with E-state index in [4.69, 9.17) is 16.3 Å². The lowest BCUT2D eigenvalue weighted by atomic mass is 10.2. The molecule has 0 bridgehead atoms. The number of anilines is 1. The first-order chi connectivity index (χ1) is 13.8. The Kier molecular flexibility index (Phi) is 6.76.